The number of β-amino-alcohol motifs (C(OH)–C–C–N with tert-alkyl or cyclic N) is 1. The van der Waals surface area contributed by atoms with Gasteiger partial charge in [-0.05, 0) is 23.8 Å². The normalized spacial score (nSPS) is 18.0. The van der Waals surface area contributed by atoms with Crippen LogP contribution >= 0.6 is 23.2 Å². The lowest BCUT2D eigenvalue weighted by Gasteiger charge is -2.35. The predicted octanol–water partition coefficient (Wildman–Crippen LogP) is 3.03. The van der Waals surface area contributed by atoms with Crippen LogP contribution in [0, 0.1) is 0 Å². The van der Waals surface area contributed by atoms with Crippen molar-refractivity contribution >= 4 is 33.2 Å². The number of hydrogen-bond donors (Lipinski definition) is 1. The van der Waals surface area contributed by atoms with E-state index in [9.17, 15) is 13.5 Å². The highest BCUT2D eigenvalue weighted by atomic mass is 35.5. The van der Waals surface area contributed by atoms with Crippen LogP contribution in [-0.4, -0.2) is 55.5 Å². The average molecular weight is 415 g/mol. The Hall–Kier alpha value is -1.15. The summed E-state index contributed by atoms with van der Waals surface area (Å²) >= 11 is 12.0. The van der Waals surface area contributed by atoms with Crippen molar-refractivity contribution in [1.29, 1.82) is 0 Å². The summed E-state index contributed by atoms with van der Waals surface area (Å²) in [5.74, 6) is 0. The monoisotopic (exact) mass is 414 g/mol. The first kappa shape index (κ1) is 19.6. The SMILES string of the molecule is O=S(=O)(c1cc(Cl)ccc1Cl)N1CCN(C[C@H](O)c2ccccc2)CC1. The van der Waals surface area contributed by atoms with Crippen molar-refractivity contribution in [3.63, 3.8) is 0 Å². The zero-order valence-corrected chi connectivity index (χ0v) is 16.4. The molecule has 0 spiro atoms. The van der Waals surface area contributed by atoms with Crippen LogP contribution in [0.4, 0.5) is 0 Å². The minimum atomic E-state index is -3.69. The fraction of sp³-hybridized carbons (Fsp3) is 0.333. The molecule has 0 aliphatic carbocycles. The molecule has 0 amide bonds. The zero-order valence-electron chi connectivity index (χ0n) is 14.1. The maximum absolute atomic E-state index is 12.8. The molecule has 0 aromatic heterocycles. The molecule has 1 N–H and O–H groups in total. The quantitative estimate of drug-likeness (QED) is 0.816. The number of aliphatic hydroxyl groups excluding tert-OH is 1. The molecule has 8 heteroatoms. The van der Waals surface area contributed by atoms with Crippen molar-refractivity contribution in [3.05, 3.63) is 64.1 Å². The zero-order chi connectivity index (χ0) is 18.7. The van der Waals surface area contributed by atoms with Gasteiger partial charge in [-0.15, -0.1) is 0 Å². The van der Waals surface area contributed by atoms with E-state index in [4.69, 9.17) is 23.2 Å². The molecular weight excluding hydrogens is 395 g/mol. The molecule has 2 aromatic rings. The maximum Gasteiger partial charge on any atom is 0.244 e. The Labute approximate surface area is 163 Å². The van der Waals surface area contributed by atoms with Crippen molar-refractivity contribution < 1.29 is 13.5 Å². The van der Waals surface area contributed by atoms with Crippen molar-refractivity contribution in [3.8, 4) is 0 Å². The van der Waals surface area contributed by atoms with Gasteiger partial charge >= 0.3 is 0 Å². The molecule has 5 nitrogen and oxygen atoms in total. The second-order valence-corrected chi connectivity index (χ2v) is 8.96. The molecule has 0 bridgehead atoms. The maximum atomic E-state index is 12.8. The van der Waals surface area contributed by atoms with Gasteiger partial charge in [0.15, 0.2) is 0 Å². The minimum Gasteiger partial charge on any atom is -0.387 e. The van der Waals surface area contributed by atoms with Crippen LogP contribution in [0.1, 0.15) is 11.7 Å². The largest absolute Gasteiger partial charge is 0.387 e. The Balaban J connectivity index is 1.64. The van der Waals surface area contributed by atoms with E-state index in [1.165, 1.54) is 16.4 Å². The van der Waals surface area contributed by atoms with Gasteiger partial charge in [-0.2, -0.15) is 4.31 Å². The Kier molecular flexibility index (Phi) is 6.22. The third-order valence-electron chi connectivity index (χ3n) is 4.46. The van der Waals surface area contributed by atoms with Crippen LogP contribution in [0.3, 0.4) is 0 Å². The number of hydrogen-bond acceptors (Lipinski definition) is 4. The van der Waals surface area contributed by atoms with Gasteiger partial charge in [0.05, 0.1) is 11.1 Å². The molecule has 1 fully saturated rings. The molecule has 2 aromatic carbocycles. The molecule has 0 radical (unpaired) electrons. The van der Waals surface area contributed by atoms with Gasteiger partial charge < -0.3 is 5.11 Å². The Morgan fingerprint density at radius 1 is 1.00 bits per heavy atom. The van der Waals surface area contributed by atoms with Crippen LogP contribution in [0.5, 0.6) is 0 Å². The van der Waals surface area contributed by atoms with E-state index in [2.05, 4.69) is 4.90 Å². The summed E-state index contributed by atoms with van der Waals surface area (Å²) in [6, 6.07) is 13.9. The smallest absolute Gasteiger partial charge is 0.244 e. The van der Waals surface area contributed by atoms with Crippen LogP contribution < -0.4 is 0 Å². The second kappa shape index (κ2) is 8.25. The lowest BCUT2D eigenvalue weighted by molar-refractivity contribution is 0.0921. The Bertz CT molecular complexity index is 854. The van der Waals surface area contributed by atoms with Gasteiger partial charge in [0.1, 0.15) is 4.90 Å². The van der Waals surface area contributed by atoms with E-state index >= 15 is 0 Å². The van der Waals surface area contributed by atoms with Gasteiger partial charge in [-0.25, -0.2) is 8.42 Å². The topological polar surface area (TPSA) is 60.9 Å². The summed E-state index contributed by atoms with van der Waals surface area (Å²) < 4.78 is 27.1. The first-order chi connectivity index (χ1) is 12.4. The number of aliphatic hydroxyl groups is 1. The predicted molar refractivity (Wildman–Crippen MR) is 103 cm³/mol. The molecule has 0 unspecified atom stereocenters. The van der Waals surface area contributed by atoms with Gasteiger partial charge in [0.25, 0.3) is 0 Å². The second-order valence-electron chi connectivity index (χ2n) is 6.21. The summed E-state index contributed by atoms with van der Waals surface area (Å²) in [7, 11) is -3.69. The molecular formula is C18H20Cl2N2O3S. The van der Waals surface area contributed by atoms with Crippen LogP contribution in [0.25, 0.3) is 0 Å². The molecule has 0 saturated carbocycles. The summed E-state index contributed by atoms with van der Waals surface area (Å²) in [5.41, 5.74) is 0.855. The van der Waals surface area contributed by atoms with Gasteiger partial charge in [0.2, 0.25) is 10.0 Å². The van der Waals surface area contributed by atoms with E-state index in [0.29, 0.717) is 37.7 Å². The van der Waals surface area contributed by atoms with Gasteiger partial charge in [-0.3, -0.25) is 4.90 Å². The fourth-order valence-electron chi connectivity index (χ4n) is 2.99. The molecule has 140 valence electrons. The number of benzene rings is 2. The highest BCUT2D eigenvalue weighted by Crippen LogP contribution is 2.28. The molecule has 3 rings (SSSR count). The van der Waals surface area contributed by atoms with E-state index in [1.54, 1.807) is 6.07 Å². The lowest BCUT2D eigenvalue weighted by Crippen LogP contribution is -2.49. The number of piperazine rings is 1. The molecule has 1 heterocycles. The molecule has 1 aliphatic rings. The lowest BCUT2D eigenvalue weighted by atomic mass is 10.1. The summed E-state index contributed by atoms with van der Waals surface area (Å²) in [5, 5.41) is 10.8. The number of nitrogens with zero attached hydrogens (tertiary/aromatic N) is 2. The highest BCUT2D eigenvalue weighted by molar-refractivity contribution is 7.89. The molecule has 26 heavy (non-hydrogen) atoms. The van der Waals surface area contributed by atoms with Crippen LogP contribution in [0.2, 0.25) is 10.0 Å². The number of sulfonamides is 1. The minimum absolute atomic E-state index is 0.0319. The average Bonchev–Trinajstić information content (AvgIpc) is 2.65. The van der Waals surface area contributed by atoms with Crippen LogP contribution in [0.15, 0.2) is 53.4 Å². The molecule has 1 saturated heterocycles. The number of rotatable bonds is 5. The van der Waals surface area contributed by atoms with E-state index in [-0.39, 0.29) is 9.92 Å². The third kappa shape index (κ3) is 4.39. The fourth-order valence-corrected chi connectivity index (χ4v) is 5.15. The first-order valence-electron chi connectivity index (χ1n) is 8.28. The Morgan fingerprint density at radius 2 is 1.65 bits per heavy atom. The van der Waals surface area contributed by atoms with Gasteiger partial charge in [0, 0.05) is 37.7 Å². The standard InChI is InChI=1S/C18H20Cl2N2O3S/c19-15-6-7-16(20)18(12-15)26(24,25)22-10-8-21(9-11-22)13-17(23)14-4-2-1-3-5-14/h1-7,12,17,23H,8-11,13H2/t17-/m0/s1. The van der Waals surface area contributed by atoms with Crippen molar-refractivity contribution in [2.45, 2.75) is 11.0 Å². The number of halogens is 2. The van der Waals surface area contributed by atoms with Crippen molar-refractivity contribution in [2.75, 3.05) is 32.7 Å². The van der Waals surface area contributed by atoms with E-state index < -0.39 is 16.1 Å². The molecule has 1 aliphatic heterocycles. The van der Waals surface area contributed by atoms with Gasteiger partial charge in [-0.1, -0.05) is 53.5 Å². The summed E-state index contributed by atoms with van der Waals surface area (Å²) in [4.78, 5) is 2.09. The third-order valence-corrected chi connectivity index (χ3v) is 7.07. The summed E-state index contributed by atoms with van der Waals surface area (Å²) in [6.07, 6.45) is -0.596. The Morgan fingerprint density at radius 3 is 2.31 bits per heavy atom. The molecule has 1 atom stereocenters. The van der Waals surface area contributed by atoms with E-state index in [0.717, 1.165) is 5.56 Å². The van der Waals surface area contributed by atoms with E-state index in [1.807, 2.05) is 30.3 Å². The first-order valence-corrected chi connectivity index (χ1v) is 10.5. The van der Waals surface area contributed by atoms with Crippen LogP contribution in [-0.2, 0) is 10.0 Å². The van der Waals surface area contributed by atoms with Crippen molar-refractivity contribution in [2.24, 2.45) is 0 Å². The van der Waals surface area contributed by atoms with Crippen molar-refractivity contribution in [1.82, 2.24) is 9.21 Å². The summed E-state index contributed by atoms with van der Waals surface area (Å²) in [6.45, 7) is 2.23. The highest BCUT2D eigenvalue weighted by Gasteiger charge is 2.30.